The topological polar surface area (TPSA) is 122 Å². The number of para-hydroxylation sites is 1. The Morgan fingerprint density at radius 1 is 1.41 bits per heavy atom. The zero-order valence-corrected chi connectivity index (χ0v) is 12.0. The molecule has 1 amide bonds. The monoisotopic (exact) mass is 313 g/mol. The van der Waals surface area contributed by atoms with Crippen molar-refractivity contribution in [2.24, 2.45) is 10.7 Å². The number of hydrogen-bond donors (Lipinski definition) is 3. The van der Waals surface area contributed by atoms with E-state index in [1.165, 1.54) is 6.33 Å². The number of aromatic nitrogens is 3. The Balaban J connectivity index is 1.91. The predicted molar refractivity (Wildman–Crippen MR) is 84.4 cm³/mol. The van der Waals surface area contributed by atoms with Gasteiger partial charge in [-0.3, -0.25) is 10.2 Å². The average Bonchev–Trinajstić information content (AvgIpc) is 3.10. The fraction of sp³-hybridized carbons (Fsp3) is 0. The van der Waals surface area contributed by atoms with E-state index in [2.05, 4.69) is 20.4 Å². The van der Waals surface area contributed by atoms with E-state index in [9.17, 15) is 4.79 Å². The van der Waals surface area contributed by atoms with Gasteiger partial charge in [-0.2, -0.15) is 10.1 Å². The summed E-state index contributed by atoms with van der Waals surface area (Å²) in [7, 11) is 0. The number of guanidine groups is 1. The van der Waals surface area contributed by atoms with Crippen LogP contribution in [0.4, 0.5) is 0 Å². The van der Waals surface area contributed by atoms with E-state index in [4.69, 9.17) is 11.1 Å². The van der Waals surface area contributed by atoms with Crippen LogP contribution >= 0.6 is 11.8 Å². The van der Waals surface area contributed by atoms with Gasteiger partial charge in [0.2, 0.25) is 0 Å². The molecule has 2 aromatic rings. The van der Waals surface area contributed by atoms with Crippen molar-refractivity contribution in [2.45, 2.75) is 0 Å². The van der Waals surface area contributed by atoms with E-state index in [1.54, 1.807) is 17.1 Å². The van der Waals surface area contributed by atoms with Crippen LogP contribution in [0.2, 0.25) is 0 Å². The van der Waals surface area contributed by atoms with Crippen LogP contribution in [-0.4, -0.2) is 31.8 Å². The normalized spacial score (nSPS) is 15.9. The Morgan fingerprint density at radius 3 is 2.95 bits per heavy atom. The highest BCUT2D eigenvalue weighted by Gasteiger charge is 2.22. The molecule has 3 rings (SSSR count). The summed E-state index contributed by atoms with van der Waals surface area (Å²) in [6, 6.07) is 7.49. The number of aliphatic imine (C=N–C) groups is 1. The van der Waals surface area contributed by atoms with Gasteiger partial charge in [0.1, 0.15) is 12.7 Å². The predicted octanol–water partition coefficient (Wildman–Crippen LogP) is 0.721. The van der Waals surface area contributed by atoms with Crippen molar-refractivity contribution in [1.82, 2.24) is 20.1 Å². The molecular weight excluding hydrogens is 302 g/mol. The number of thioether (sulfide) groups is 1. The first-order valence-electron chi connectivity index (χ1n) is 6.21. The molecule has 9 heteroatoms. The first-order chi connectivity index (χ1) is 10.6. The molecular formula is C13H11N7OS. The van der Waals surface area contributed by atoms with Gasteiger partial charge in [-0.15, -0.1) is 0 Å². The first kappa shape index (κ1) is 14.0. The molecule has 0 aliphatic carbocycles. The van der Waals surface area contributed by atoms with Crippen molar-refractivity contribution >= 4 is 34.9 Å². The molecule has 2 heterocycles. The minimum absolute atomic E-state index is 0.261. The molecule has 0 bridgehead atoms. The summed E-state index contributed by atoms with van der Waals surface area (Å²) < 4.78 is 1.62. The molecule has 22 heavy (non-hydrogen) atoms. The van der Waals surface area contributed by atoms with Gasteiger partial charge in [0.15, 0.2) is 11.1 Å². The smallest absolute Gasteiger partial charge is 0.286 e. The van der Waals surface area contributed by atoms with Crippen molar-refractivity contribution in [3.63, 3.8) is 0 Å². The standard InChI is InChI=1S/C13H11N7OS/c14-12(15)19-13-18-11(21)10(22-13)5-8-3-1-2-4-9(8)20-7-16-6-17-20/h1-7H,(H4,14,15,18,19,21)/b10-5-. The van der Waals surface area contributed by atoms with Gasteiger partial charge >= 0.3 is 0 Å². The van der Waals surface area contributed by atoms with Crippen LogP contribution in [0, 0.1) is 5.41 Å². The highest BCUT2D eigenvalue weighted by atomic mass is 32.2. The molecule has 1 aliphatic rings. The van der Waals surface area contributed by atoms with Gasteiger partial charge in [0, 0.05) is 5.56 Å². The third-order valence-electron chi connectivity index (χ3n) is 2.75. The third-order valence-corrected chi connectivity index (χ3v) is 3.65. The highest BCUT2D eigenvalue weighted by Crippen LogP contribution is 2.28. The maximum Gasteiger partial charge on any atom is 0.286 e. The zero-order chi connectivity index (χ0) is 15.5. The van der Waals surface area contributed by atoms with E-state index >= 15 is 0 Å². The highest BCUT2D eigenvalue weighted by molar-refractivity contribution is 8.18. The minimum atomic E-state index is -0.373. The van der Waals surface area contributed by atoms with E-state index in [0.29, 0.717) is 10.1 Å². The molecule has 110 valence electrons. The summed E-state index contributed by atoms with van der Waals surface area (Å²) in [5, 5.41) is 14.1. The van der Waals surface area contributed by atoms with Crippen LogP contribution in [-0.2, 0) is 4.79 Å². The van der Waals surface area contributed by atoms with Gasteiger partial charge in [-0.1, -0.05) is 18.2 Å². The molecule has 0 saturated carbocycles. The van der Waals surface area contributed by atoms with Crippen molar-refractivity contribution in [3.8, 4) is 5.69 Å². The summed E-state index contributed by atoms with van der Waals surface area (Å²) in [6.07, 6.45) is 4.75. The maximum absolute atomic E-state index is 11.9. The number of benzene rings is 1. The second-order valence-electron chi connectivity index (χ2n) is 4.27. The first-order valence-corrected chi connectivity index (χ1v) is 7.03. The van der Waals surface area contributed by atoms with Gasteiger partial charge in [0.05, 0.1) is 10.6 Å². The SMILES string of the molecule is N=C(N)NC1=NC(=O)/C(=C/c2ccccc2-n2cncn2)S1. The molecule has 1 aliphatic heterocycles. The molecule has 1 aromatic heterocycles. The van der Waals surface area contributed by atoms with Gasteiger partial charge in [0.25, 0.3) is 5.91 Å². The van der Waals surface area contributed by atoms with Crippen LogP contribution in [0.15, 0.2) is 46.8 Å². The molecule has 0 unspecified atom stereocenters. The fourth-order valence-corrected chi connectivity index (χ4v) is 2.69. The molecule has 4 N–H and O–H groups in total. The Hall–Kier alpha value is -2.94. The summed E-state index contributed by atoms with van der Waals surface area (Å²) >= 11 is 1.13. The number of amides is 1. The quantitative estimate of drug-likeness (QED) is 0.426. The number of nitrogens with zero attached hydrogens (tertiary/aromatic N) is 4. The molecule has 0 radical (unpaired) electrons. The van der Waals surface area contributed by atoms with Gasteiger partial charge in [-0.25, -0.2) is 9.67 Å². The van der Waals surface area contributed by atoms with Crippen molar-refractivity contribution in [2.75, 3.05) is 0 Å². The van der Waals surface area contributed by atoms with E-state index in [0.717, 1.165) is 23.0 Å². The van der Waals surface area contributed by atoms with Crippen LogP contribution in [0.1, 0.15) is 5.56 Å². The number of carbonyl (C=O) groups excluding carboxylic acids is 1. The largest absolute Gasteiger partial charge is 0.370 e. The van der Waals surface area contributed by atoms with E-state index in [-0.39, 0.29) is 11.9 Å². The lowest BCUT2D eigenvalue weighted by Gasteiger charge is -2.05. The Morgan fingerprint density at radius 2 is 2.23 bits per heavy atom. The Kier molecular flexibility index (Phi) is 3.71. The number of rotatable bonds is 2. The second-order valence-corrected chi connectivity index (χ2v) is 5.30. The van der Waals surface area contributed by atoms with Crippen molar-refractivity contribution < 1.29 is 4.79 Å². The lowest BCUT2D eigenvalue weighted by molar-refractivity contribution is -0.113. The fourth-order valence-electron chi connectivity index (χ4n) is 1.87. The van der Waals surface area contributed by atoms with Crippen molar-refractivity contribution in [1.29, 1.82) is 5.41 Å². The van der Waals surface area contributed by atoms with Crippen LogP contribution in [0.25, 0.3) is 11.8 Å². The Labute approximate surface area is 129 Å². The average molecular weight is 313 g/mol. The minimum Gasteiger partial charge on any atom is -0.370 e. The second kappa shape index (κ2) is 5.82. The lowest BCUT2D eigenvalue weighted by Crippen LogP contribution is -2.33. The van der Waals surface area contributed by atoms with E-state index < -0.39 is 0 Å². The number of nitrogens with one attached hydrogen (secondary N) is 2. The molecule has 8 nitrogen and oxygen atoms in total. The van der Waals surface area contributed by atoms with Crippen LogP contribution in [0.3, 0.4) is 0 Å². The van der Waals surface area contributed by atoms with Crippen molar-refractivity contribution in [3.05, 3.63) is 47.4 Å². The Bertz CT molecular complexity index is 794. The number of hydrogen-bond acceptors (Lipinski definition) is 5. The summed E-state index contributed by atoms with van der Waals surface area (Å²) in [5.74, 6) is -0.634. The molecule has 0 fully saturated rings. The summed E-state index contributed by atoms with van der Waals surface area (Å²) in [6.45, 7) is 0. The molecule has 0 saturated heterocycles. The maximum atomic E-state index is 11.9. The summed E-state index contributed by atoms with van der Waals surface area (Å²) in [4.78, 5) is 20.1. The molecule has 0 atom stereocenters. The number of carbonyl (C=O) groups is 1. The molecule has 0 spiro atoms. The molecule has 1 aromatic carbocycles. The van der Waals surface area contributed by atoms with Crippen LogP contribution in [0.5, 0.6) is 0 Å². The zero-order valence-electron chi connectivity index (χ0n) is 11.2. The van der Waals surface area contributed by atoms with E-state index in [1.807, 2.05) is 24.3 Å². The third kappa shape index (κ3) is 2.88. The number of nitrogens with two attached hydrogens (primary N) is 1. The number of amidine groups is 1. The summed E-state index contributed by atoms with van der Waals surface area (Å²) in [5.41, 5.74) is 6.84. The van der Waals surface area contributed by atoms with Gasteiger partial charge < -0.3 is 11.1 Å². The van der Waals surface area contributed by atoms with Crippen LogP contribution < -0.4 is 11.1 Å². The lowest BCUT2D eigenvalue weighted by atomic mass is 10.1. The van der Waals surface area contributed by atoms with Gasteiger partial charge in [-0.05, 0) is 23.9 Å².